The molecule has 0 radical (unpaired) electrons. The van der Waals surface area contributed by atoms with Gasteiger partial charge in [0.15, 0.2) is 5.76 Å². The highest BCUT2D eigenvalue weighted by molar-refractivity contribution is 6.31. The summed E-state index contributed by atoms with van der Waals surface area (Å²) in [5, 5.41) is 9.33. The van der Waals surface area contributed by atoms with E-state index in [9.17, 15) is 4.79 Å². The lowest BCUT2D eigenvalue weighted by Gasteiger charge is -2.08. The quantitative estimate of drug-likeness (QED) is 0.509. The summed E-state index contributed by atoms with van der Waals surface area (Å²) in [6, 6.07) is 8.43. The number of nitrogens with two attached hydrogens (primary N) is 1. The first kappa shape index (κ1) is 13.9. The number of halogens is 1. The molecule has 0 aliphatic heterocycles. The summed E-state index contributed by atoms with van der Waals surface area (Å²) in [6.45, 7) is 0.0499. The number of nitrogens with one attached hydrogen (secondary N) is 1. The van der Waals surface area contributed by atoms with Crippen LogP contribution < -0.4 is 16.0 Å². The maximum Gasteiger partial charge on any atom is 0.301 e. The van der Waals surface area contributed by atoms with Crippen LogP contribution in [0.25, 0.3) is 0 Å². The second-order valence-electron chi connectivity index (χ2n) is 3.76. The average molecular weight is 292 g/mol. The van der Waals surface area contributed by atoms with Crippen molar-refractivity contribution in [2.45, 2.75) is 6.61 Å². The Balaban J connectivity index is 2.18. The van der Waals surface area contributed by atoms with Crippen molar-refractivity contribution in [2.24, 2.45) is 5.84 Å². The van der Waals surface area contributed by atoms with Crippen LogP contribution in [0.4, 0.5) is 0 Å². The Kier molecular flexibility index (Phi) is 4.25. The number of benzene rings is 1. The van der Waals surface area contributed by atoms with Crippen molar-refractivity contribution in [3.63, 3.8) is 0 Å². The van der Waals surface area contributed by atoms with Crippen LogP contribution in [0.2, 0.25) is 5.02 Å². The zero-order valence-corrected chi connectivity index (χ0v) is 11.0. The van der Waals surface area contributed by atoms with E-state index in [2.05, 4.69) is 0 Å². The molecule has 1 amide bonds. The van der Waals surface area contributed by atoms with Crippen LogP contribution in [-0.4, -0.2) is 5.91 Å². The van der Waals surface area contributed by atoms with Crippen molar-refractivity contribution in [3.8, 4) is 11.8 Å². The number of nitrogen functional groups attached to an aromatic ring is 1. The Labute approximate surface area is 119 Å². The van der Waals surface area contributed by atoms with E-state index in [1.165, 1.54) is 6.26 Å². The van der Waals surface area contributed by atoms with Crippen molar-refractivity contribution >= 4 is 17.5 Å². The minimum absolute atomic E-state index is 0.0499. The topological polar surface area (TPSA) is 101 Å². The lowest BCUT2D eigenvalue weighted by molar-refractivity contribution is 0.0922. The summed E-state index contributed by atoms with van der Waals surface area (Å²) in [5.74, 6) is 4.89. The summed E-state index contributed by atoms with van der Waals surface area (Å²) >= 11 is 5.89. The Morgan fingerprint density at radius 3 is 3.00 bits per heavy atom. The molecule has 2 rings (SSSR count). The van der Waals surface area contributed by atoms with Crippen molar-refractivity contribution in [2.75, 3.05) is 0 Å². The van der Waals surface area contributed by atoms with E-state index < -0.39 is 5.91 Å². The van der Waals surface area contributed by atoms with Gasteiger partial charge in [-0.05, 0) is 18.2 Å². The van der Waals surface area contributed by atoms with Crippen LogP contribution in [0.3, 0.4) is 0 Å². The van der Waals surface area contributed by atoms with E-state index in [-0.39, 0.29) is 17.9 Å². The molecule has 102 valence electrons. The van der Waals surface area contributed by atoms with Crippen molar-refractivity contribution in [3.05, 3.63) is 52.4 Å². The number of carbonyl (C=O) groups is 1. The van der Waals surface area contributed by atoms with E-state index in [0.717, 1.165) is 0 Å². The number of hydrogen-bond donors (Lipinski definition) is 2. The molecule has 1 aromatic heterocycles. The molecule has 0 saturated heterocycles. The predicted octanol–water partition coefficient (Wildman–Crippen LogP) is 1.99. The molecule has 0 spiro atoms. The fraction of sp³-hybridized carbons (Fsp3) is 0.0769. The number of hydrogen-bond acceptors (Lipinski definition) is 5. The van der Waals surface area contributed by atoms with Gasteiger partial charge in [0.2, 0.25) is 0 Å². The van der Waals surface area contributed by atoms with Crippen molar-refractivity contribution < 1.29 is 13.9 Å². The van der Waals surface area contributed by atoms with Crippen molar-refractivity contribution in [1.82, 2.24) is 5.43 Å². The first-order chi connectivity index (χ1) is 9.67. The normalized spacial score (nSPS) is 9.85. The van der Waals surface area contributed by atoms with Gasteiger partial charge in [-0.15, -0.1) is 0 Å². The number of nitriles is 1. The molecule has 2 aromatic rings. The molecule has 7 heteroatoms. The summed E-state index contributed by atoms with van der Waals surface area (Å²) < 4.78 is 10.5. The SMILES string of the molecule is N#Cc1c(Cl)cccc1OCc1ccoc1C(=O)NN. The number of nitrogens with zero attached hydrogens (tertiary/aromatic N) is 1. The zero-order valence-electron chi connectivity index (χ0n) is 10.2. The van der Waals surface area contributed by atoms with Gasteiger partial charge in [-0.3, -0.25) is 10.2 Å². The average Bonchev–Trinajstić information content (AvgIpc) is 2.92. The lowest BCUT2D eigenvalue weighted by Crippen LogP contribution is -2.30. The number of amides is 1. The van der Waals surface area contributed by atoms with Crippen LogP contribution in [-0.2, 0) is 6.61 Å². The second kappa shape index (κ2) is 6.10. The molecule has 0 aliphatic rings. The zero-order chi connectivity index (χ0) is 14.5. The molecular weight excluding hydrogens is 282 g/mol. The molecule has 20 heavy (non-hydrogen) atoms. The highest BCUT2D eigenvalue weighted by Crippen LogP contribution is 2.26. The molecule has 0 unspecified atom stereocenters. The molecule has 1 aromatic carbocycles. The molecule has 1 heterocycles. The minimum atomic E-state index is -0.555. The molecule has 0 bridgehead atoms. The maximum absolute atomic E-state index is 11.4. The summed E-state index contributed by atoms with van der Waals surface area (Å²) in [5.41, 5.74) is 2.73. The van der Waals surface area contributed by atoms with Gasteiger partial charge in [-0.2, -0.15) is 5.26 Å². The van der Waals surface area contributed by atoms with E-state index in [1.54, 1.807) is 24.3 Å². The minimum Gasteiger partial charge on any atom is -0.487 e. The fourth-order valence-electron chi connectivity index (χ4n) is 1.60. The third kappa shape index (κ3) is 2.74. The highest BCUT2D eigenvalue weighted by atomic mass is 35.5. The van der Waals surface area contributed by atoms with Crippen molar-refractivity contribution in [1.29, 1.82) is 5.26 Å². The predicted molar refractivity (Wildman–Crippen MR) is 70.9 cm³/mol. The van der Waals surface area contributed by atoms with Crippen LogP contribution in [0.1, 0.15) is 21.7 Å². The Morgan fingerprint density at radius 1 is 1.50 bits per heavy atom. The number of furan rings is 1. The summed E-state index contributed by atoms with van der Waals surface area (Å²) in [7, 11) is 0. The van der Waals surface area contributed by atoms with Gasteiger partial charge < -0.3 is 9.15 Å². The Hall–Kier alpha value is -2.49. The van der Waals surface area contributed by atoms with Crippen LogP contribution in [0.15, 0.2) is 34.9 Å². The Morgan fingerprint density at radius 2 is 2.30 bits per heavy atom. The van der Waals surface area contributed by atoms with Gasteiger partial charge in [-0.25, -0.2) is 5.84 Å². The fourth-order valence-corrected chi connectivity index (χ4v) is 1.81. The van der Waals surface area contributed by atoms with Gasteiger partial charge in [0, 0.05) is 5.56 Å². The molecule has 0 fully saturated rings. The number of rotatable bonds is 4. The molecular formula is C13H10ClN3O3. The van der Waals surface area contributed by atoms with E-state index in [1.807, 2.05) is 11.5 Å². The van der Waals surface area contributed by atoms with Gasteiger partial charge in [0.1, 0.15) is 24.0 Å². The van der Waals surface area contributed by atoms with E-state index >= 15 is 0 Å². The lowest BCUT2D eigenvalue weighted by atomic mass is 10.2. The second-order valence-corrected chi connectivity index (χ2v) is 4.17. The van der Waals surface area contributed by atoms with Gasteiger partial charge in [-0.1, -0.05) is 17.7 Å². The summed E-state index contributed by atoms with van der Waals surface area (Å²) in [4.78, 5) is 11.4. The largest absolute Gasteiger partial charge is 0.487 e. The van der Waals surface area contributed by atoms with Crippen LogP contribution in [0.5, 0.6) is 5.75 Å². The number of carbonyl (C=O) groups excluding carboxylic acids is 1. The smallest absolute Gasteiger partial charge is 0.301 e. The van der Waals surface area contributed by atoms with Gasteiger partial charge in [0.05, 0.1) is 11.3 Å². The maximum atomic E-state index is 11.4. The number of hydrazine groups is 1. The molecule has 0 aliphatic carbocycles. The molecule has 0 atom stereocenters. The van der Waals surface area contributed by atoms with Gasteiger partial charge >= 0.3 is 5.91 Å². The third-order valence-corrected chi connectivity index (χ3v) is 2.87. The van der Waals surface area contributed by atoms with E-state index in [4.69, 9.17) is 31.9 Å². The van der Waals surface area contributed by atoms with Crippen LogP contribution >= 0.6 is 11.6 Å². The number of ether oxygens (including phenoxy) is 1. The molecule has 3 N–H and O–H groups in total. The third-order valence-electron chi connectivity index (χ3n) is 2.55. The van der Waals surface area contributed by atoms with Gasteiger partial charge in [0.25, 0.3) is 0 Å². The standard InChI is InChI=1S/C13H10ClN3O3/c14-10-2-1-3-11(9(10)6-15)20-7-8-4-5-19-12(8)13(18)17-16/h1-5H,7,16H2,(H,17,18). The van der Waals surface area contributed by atoms with Crippen LogP contribution in [0, 0.1) is 11.3 Å². The van der Waals surface area contributed by atoms with E-state index in [0.29, 0.717) is 16.3 Å². The molecule has 6 nitrogen and oxygen atoms in total. The highest BCUT2D eigenvalue weighted by Gasteiger charge is 2.15. The summed E-state index contributed by atoms with van der Waals surface area (Å²) in [6.07, 6.45) is 1.35. The monoisotopic (exact) mass is 291 g/mol. The molecule has 0 saturated carbocycles. The first-order valence-electron chi connectivity index (χ1n) is 5.56. The Bertz CT molecular complexity index is 676. The first-order valence-corrected chi connectivity index (χ1v) is 5.94.